The van der Waals surface area contributed by atoms with Crippen molar-refractivity contribution >= 4 is 11.5 Å². The summed E-state index contributed by atoms with van der Waals surface area (Å²) in [6.45, 7) is 0. The molecule has 0 amide bonds. The molecule has 114 valence electrons. The summed E-state index contributed by atoms with van der Waals surface area (Å²) >= 11 is 0. The van der Waals surface area contributed by atoms with Gasteiger partial charge in [-0.05, 0) is 29.3 Å². The standard InChI is InChI=1S/C14H12F3N5/c1-22(2)13-6-3-9(8-19-13)11-5-4-10(20-21-18)7-12(11)14(15,16)17/h3-8H,1-2H3. The number of alkyl halides is 3. The lowest BCUT2D eigenvalue weighted by atomic mass is 10.00. The maximum absolute atomic E-state index is 13.2. The van der Waals surface area contributed by atoms with Crippen LogP contribution >= 0.6 is 0 Å². The van der Waals surface area contributed by atoms with Gasteiger partial charge < -0.3 is 4.90 Å². The van der Waals surface area contributed by atoms with E-state index in [1.165, 1.54) is 18.3 Å². The molecule has 2 aromatic rings. The van der Waals surface area contributed by atoms with Crippen LogP contribution in [0.2, 0.25) is 0 Å². The average molecular weight is 307 g/mol. The molecule has 0 spiro atoms. The van der Waals surface area contributed by atoms with E-state index in [0.29, 0.717) is 11.4 Å². The van der Waals surface area contributed by atoms with Gasteiger partial charge in [0.1, 0.15) is 5.82 Å². The minimum Gasteiger partial charge on any atom is -0.363 e. The minimum atomic E-state index is -4.56. The van der Waals surface area contributed by atoms with Gasteiger partial charge in [0, 0.05) is 36.5 Å². The van der Waals surface area contributed by atoms with Crippen LogP contribution in [0.1, 0.15) is 5.56 Å². The molecule has 0 aliphatic heterocycles. The van der Waals surface area contributed by atoms with E-state index >= 15 is 0 Å². The van der Waals surface area contributed by atoms with Crippen molar-refractivity contribution in [3.8, 4) is 11.1 Å². The molecule has 0 unspecified atom stereocenters. The topological polar surface area (TPSA) is 64.9 Å². The molecule has 1 aromatic carbocycles. The molecule has 8 heteroatoms. The highest BCUT2D eigenvalue weighted by atomic mass is 19.4. The molecule has 0 aliphatic carbocycles. The summed E-state index contributed by atoms with van der Waals surface area (Å²) in [5.74, 6) is 0.642. The van der Waals surface area contributed by atoms with Crippen LogP contribution in [0, 0.1) is 0 Å². The largest absolute Gasteiger partial charge is 0.417 e. The van der Waals surface area contributed by atoms with Crippen molar-refractivity contribution in [1.29, 1.82) is 0 Å². The Morgan fingerprint density at radius 2 is 1.91 bits per heavy atom. The van der Waals surface area contributed by atoms with Gasteiger partial charge in [0.2, 0.25) is 0 Å². The van der Waals surface area contributed by atoms with Crippen molar-refractivity contribution in [2.45, 2.75) is 6.18 Å². The average Bonchev–Trinajstić information content (AvgIpc) is 2.47. The Morgan fingerprint density at radius 3 is 2.41 bits per heavy atom. The second-order valence-electron chi connectivity index (χ2n) is 4.72. The number of hydrogen-bond donors (Lipinski definition) is 0. The van der Waals surface area contributed by atoms with Gasteiger partial charge in [-0.2, -0.15) is 13.2 Å². The molecule has 22 heavy (non-hydrogen) atoms. The molecule has 0 saturated heterocycles. The fourth-order valence-electron chi connectivity index (χ4n) is 1.94. The quantitative estimate of drug-likeness (QED) is 0.465. The molecule has 0 N–H and O–H groups in total. The van der Waals surface area contributed by atoms with Crippen molar-refractivity contribution < 1.29 is 13.2 Å². The third-order valence-corrected chi connectivity index (χ3v) is 2.99. The molecule has 0 atom stereocenters. The van der Waals surface area contributed by atoms with Gasteiger partial charge in [0.25, 0.3) is 0 Å². The van der Waals surface area contributed by atoms with Gasteiger partial charge in [0.05, 0.1) is 5.56 Å². The Balaban J connectivity index is 2.56. The van der Waals surface area contributed by atoms with Crippen LogP contribution in [-0.2, 0) is 6.18 Å². The van der Waals surface area contributed by atoms with E-state index in [9.17, 15) is 13.2 Å². The number of hydrogen-bond acceptors (Lipinski definition) is 3. The summed E-state index contributed by atoms with van der Waals surface area (Å²) in [4.78, 5) is 8.36. The van der Waals surface area contributed by atoms with Crippen LogP contribution in [0.5, 0.6) is 0 Å². The van der Waals surface area contributed by atoms with Crippen LogP contribution in [0.3, 0.4) is 0 Å². The van der Waals surface area contributed by atoms with Crippen LogP contribution < -0.4 is 4.90 Å². The molecule has 1 aromatic heterocycles. The molecule has 0 bridgehead atoms. The van der Waals surface area contributed by atoms with E-state index < -0.39 is 11.7 Å². The highest BCUT2D eigenvalue weighted by Gasteiger charge is 2.34. The van der Waals surface area contributed by atoms with Gasteiger partial charge >= 0.3 is 6.18 Å². The van der Waals surface area contributed by atoms with Gasteiger partial charge in [-0.1, -0.05) is 17.2 Å². The zero-order chi connectivity index (χ0) is 16.3. The molecule has 0 saturated carbocycles. The third-order valence-electron chi connectivity index (χ3n) is 2.99. The lowest BCUT2D eigenvalue weighted by Gasteiger charge is -2.15. The van der Waals surface area contributed by atoms with Crippen LogP contribution in [0.15, 0.2) is 41.6 Å². The predicted octanol–water partition coefficient (Wildman–Crippen LogP) is 4.78. The van der Waals surface area contributed by atoms with E-state index in [0.717, 1.165) is 6.07 Å². The summed E-state index contributed by atoms with van der Waals surface area (Å²) in [5.41, 5.74) is 7.72. The maximum atomic E-state index is 13.2. The SMILES string of the molecule is CN(C)c1ccc(-c2ccc(N=[N+]=[N-])cc2C(F)(F)F)cn1. The van der Waals surface area contributed by atoms with Crippen molar-refractivity contribution in [2.75, 3.05) is 19.0 Å². The second kappa shape index (κ2) is 5.95. The first-order valence-corrected chi connectivity index (χ1v) is 6.23. The van der Waals surface area contributed by atoms with E-state index in [-0.39, 0.29) is 11.3 Å². The van der Waals surface area contributed by atoms with Crippen LogP contribution in [0.25, 0.3) is 21.6 Å². The number of benzene rings is 1. The zero-order valence-electron chi connectivity index (χ0n) is 11.8. The first-order valence-electron chi connectivity index (χ1n) is 6.23. The summed E-state index contributed by atoms with van der Waals surface area (Å²) < 4.78 is 39.6. The Bertz CT molecular complexity index is 716. The first kappa shape index (κ1) is 15.7. The van der Waals surface area contributed by atoms with Crippen LogP contribution in [-0.4, -0.2) is 19.1 Å². The monoisotopic (exact) mass is 307 g/mol. The Morgan fingerprint density at radius 1 is 1.18 bits per heavy atom. The molecule has 0 radical (unpaired) electrons. The number of halogens is 3. The highest BCUT2D eigenvalue weighted by Crippen LogP contribution is 2.39. The maximum Gasteiger partial charge on any atom is 0.417 e. The molecule has 5 nitrogen and oxygen atoms in total. The van der Waals surface area contributed by atoms with E-state index in [1.54, 1.807) is 31.1 Å². The van der Waals surface area contributed by atoms with Gasteiger partial charge in [-0.3, -0.25) is 0 Å². The zero-order valence-corrected chi connectivity index (χ0v) is 11.8. The van der Waals surface area contributed by atoms with Gasteiger partial charge in [0.15, 0.2) is 0 Å². The van der Waals surface area contributed by atoms with Crippen molar-refractivity contribution in [3.63, 3.8) is 0 Å². The molecular weight excluding hydrogens is 295 g/mol. The Kier molecular flexibility index (Phi) is 4.23. The molecule has 1 heterocycles. The third kappa shape index (κ3) is 3.29. The number of rotatable bonds is 3. The number of nitrogens with zero attached hydrogens (tertiary/aromatic N) is 5. The van der Waals surface area contributed by atoms with Gasteiger partial charge in [-0.25, -0.2) is 4.98 Å². The number of anilines is 1. The highest BCUT2D eigenvalue weighted by molar-refractivity contribution is 5.70. The minimum absolute atomic E-state index is 0.0119. The molecule has 0 aliphatic rings. The normalized spacial score (nSPS) is 11.0. The molecular formula is C14H12F3N5. The first-order chi connectivity index (χ1) is 10.3. The Hall–Kier alpha value is -2.73. The lowest BCUT2D eigenvalue weighted by Crippen LogP contribution is -2.10. The molecule has 2 rings (SSSR count). The summed E-state index contributed by atoms with van der Waals surface area (Å²) in [6, 6.07) is 6.65. The molecule has 0 fully saturated rings. The number of pyridine rings is 1. The summed E-state index contributed by atoms with van der Waals surface area (Å²) in [5, 5.41) is 3.21. The van der Waals surface area contributed by atoms with E-state index in [1.807, 2.05) is 0 Å². The lowest BCUT2D eigenvalue weighted by molar-refractivity contribution is -0.137. The van der Waals surface area contributed by atoms with Crippen molar-refractivity contribution in [2.24, 2.45) is 5.11 Å². The van der Waals surface area contributed by atoms with Gasteiger partial charge in [-0.15, -0.1) is 0 Å². The summed E-state index contributed by atoms with van der Waals surface area (Å²) in [6.07, 6.45) is -3.18. The summed E-state index contributed by atoms with van der Waals surface area (Å²) in [7, 11) is 3.58. The van der Waals surface area contributed by atoms with Crippen LogP contribution in [0.4, 0.5) is 24.7 Å². The second-order valence-corrected chi connectivity index (χ2v) is 4.72. The van der Waals surface area contributed by atoms with Crippen molar-refractivity contribution in [3.05, 3.63) is 52.5 Å². The fraction of sp³-hybridized carbons (Fsp3) is 0.214. The van der Waals surface area contributed by atoms with E-state index in [4.69, 9.17) is 5.53 Å². The number of azide groups is 1. The fourth-order valence-corrected chi connectivity index (χ4v) is 1.94. The Labute approximate surface area is 124 Å². The van der Waals surface area contributed by atoms with Crippen molar-refractivity contribution in [1.82, 2.24) is 4.98 Å². The number of aromatic nitrogens is 1. The van der Waals surface area contributed by atoms with E-state index in [2.05, 4.69) is 15.0 Å². The smallest absolute Gasteiger partial charge is 0.363 e. The predicted molar refractivity (Wildman–Crippen MR) is 77.8 cm³/mol.